The third-order valence-electron chi connectivity index (χ3n) is 3.46. The molecule has 1 atom stereocenters. The van der Waals surface area contributed by atoms with Gasteiger partial charge in [-0.05, 0) is 12.0 Å². The number of aromatic carboxylic acids is 1. The second-order valence-electron chi connectivity index (χ2n) is 4.85. The van der Waals surface area contributed by atoms with Crippen LogP contribution in [-0.4, -0.2) is 38.4 Å². The highest BCUT2D eigenvalue weighted by atomic mass is 16.4. The second kappa shape index (κ2) is 4.93. The van der Waals surface area contributed by atoms with E-state index in [0.29, 0.717) is 13.0 Å². The fourth-order valence-electron chi connectivity index (χ4n) is 2.47. The van der Waals surface area contributed by atoms with Gasteiger partial charge in [0.1, 0.15) is 0 Å². The number of carboxylic acid groups (broad SMARTS) is 1. The summed E-state index contributed by atoms with van der Waals surface area (Å²) in [6.45, 7) is 0.334. The Labute approximate surface area is 119 Å². The molecule has 0 saturated carbocycles. The predicted molar refractivity (Wildman–Crippen MR) is 72.4 cm³/mol. The number of fused-ring (bicyclic) bond motifs is 1. The minimum atomic E-state index is -1.36. The van der Waals surface area contributed by atoms with Gasteiger partial charge >= 0.3 is 5.97 Å². The number of rotatable bonds is 3. The van der Waals surface area contributed by atoms with Crippen LogP contribution in [-0.2, 0) is 6.42 Å². The van der Waals surface area contributed by atoms with Crippen LogP contribution in [0.3, 0.4) is 0 Å². The van der Waals surface area contributed by atoms with Crippen LogP contribution in [0, 0.1) is 0 Å². The van der Waals surface area contributed by atoms with Gasteiger partial charge < -0.3 is 15.5 Å². The standard InChI is InChI=1S/C14H13N3O4/c18-12-10(14(20)21)16-17-9(7-15-13(19)11(12)17)6-8-4-2-1-3-5-8/h1-5,9,18H,6-7H2,(H,15,19)(H,20,21). The van der Waals surface area contributed by atoms with E-state index in [1.165, 1.54) is 4.68 Å². The Morgan fingerprint density at radius 3 is 2.76 bits per heavy atom. The first-order chi connectivity index (χ1) is 10.1. The van der Waals surface area contributed by atoms with Gasteiger partial charge in [-0.25, -0.2) is 4.79 Å². The number of nitrogens with one attached hydrogen (secondary N) is 1. The lowest BCUT2D eigenvalue weighted by Crippen LogP contribution is -2.40. The minimum absolute atomic E-state index is 0.0976. The molecular formula is C14H13N3O4. The van der Waals surface area contributed by atoms with Gasteiger partial charge in [-0.3, -0.25) is 9.48 Å². The molecule has 3 N–H and O–H groups in total. The molecule has 0 radical (unpaired) electrons. The number of aromatic hydroxyl groups is 1. The van der Waals surface area contributed by atoms with Crippen LogP contribution >= 0.6 is 0 Å². The number of benzene rings is 1. The van der Waals surface area contributed by atoms with E-state index in [9.17, 15) is 14.7 Å². The van der Waals surface area contributed by atoms with E-state index < -0.39 is 23.3 Å². The molecule has 0 saturated heterocycles. The molecule has 1 unspecified atom stereocenters. The first kappa shape index (κ1) is 13.2. The van der Waals surface area contributed by atoms with Crippen LogP contribution in [0.1, 0.15) is 32.6 Å². The number of carboxylic acids is 1. The Morgan fingerprint density at radius 2 is 2.10 bits per heavy atom. The average molecular weight is 287 g/mol. The highest BCUT2D eigenvalue weighted by molar-refractivity contribution is 6.00. The molecule has 21 heavy (non-hydrogen) atoms. The van der Waals surface area contributed by atoms with E-state index >= 15 is 0 Å². The molecule has 2 heterocycles. The number of aromatic nitrogens is 2. The molecule has 0 fully saturated rings. The molecule has 7 nitrogen and oxygen atoms in total. The van der Waals surface area contributed by atoms with Crippen molar-refractivity contribution in [1.29, 1.82) is 0 Å². The molecular weight excluding hydrogens is 274 g/mol. The van der Waals surface area contributed by atoms with Crippen LogP contribution in [0.5, 0.6) is 5.75 Å². The molecule has 1 aromatic carbocycles. The molecule has 108 valence electrons. The van der Waals surface area contributed by atoms with Crippen LogP contribution in [0.25, 0.3) is 0 Å². The summed E-state index contributed by atoms with van der Waals surface area (Å²) in [5.41, 5.74) is 0.441. The number of hydrogen-bond acceptors (Lipinski definition) is 4. The Balaban J connectivity index is 2.00. The summed E-state index contributed by atoms with van der Waals surface area (Å²) in [7, 11) is 0. The third kappa shape index (κ3) is 2.22. The summed E-state index contributed by atoms with van der Waals surface area (Å²) in [5.74, 6) is -2.46. The van der Waals surface area contributed by atoms with Gasteiger partial charge in [0.25, 0.3) is 5.91 Å². The largest absolute Gasteiger partial charge is 0.503 e. The van der Waals surface area contributed by atoms with E-state index in [2.05, 4.69) is 10.4 Å². The number of amides is 1. The van der Waals surface area contributed by atoms with Crippen LogP contribution < -0.4 is 5.32 Å². The van der Waals surface area contributed by atoms with Crippen molar-refractivity contribution < 1.29 is 19.8 Å². The summed E-state index contributed by atoms with van der Waals surface area (Å²) in [6, 6.07) is 9.36. The maximum Gasteiger partial charge on any atom is 0.360 e. The van der Waals surface area contributed by atoms with Crippen molar-refractivity contribution >= 4 is 11.9 Å². The zero-order valence-electron chi connectivity index (χ0n) is 11.0. The molecule has 7 heteroatoms. The first-order valence-electron chi connectivity index (χ1n) is 6.45. The normalized spacial score (nSPS) is 17.1. The third-order valence-corrected chi connectivity index (χ3v) is 3.46. The van der Waals surface area contributed by atoms with Crippen LogP contribution in [0.15, 0.2) is 30.3 Å². The SMILES string of the molecule is O=C(O)c1nn2c(c1O)C(=O)NCC2Cc1ccccc1. The summed E-state index contributed by atoms with van der Waals surface area (Å²) < 4.78 is 1.31. The van der Waals surface area contributed by atoms with Gasteiger partial charge in [-0.1, -0.05) is 30.3 Å². The first-order valence-corrected chi connectivity index (χ1v) is 6.45. The van der Waals surface area contributed by atoms with Gasteiger partial charge in [0.2, 0.25) is 5.69 Å². The Bertz CT molecular complexity index is 709. The maximum absolute atomic E-state index is 11.8. The van der Waals surface area contributed by atoms with E-state index in [0.717, 1.165) is 5.56 Å². The maximum atomic E-state index is 11.8. The highest BCUT2D eigenvalue weighted by Gasteiger charge is 2.33. The summed E-state index contributed by atoms with van der Waals surface area (Å²) in [6.07, 6.45) is 0.578. The predicted octanol–water partition coefficient (Wildman–Crippen LogP) is 0.814. The average Bonchev–Trinajstić information content (AvgIpc) is 2.82. The lowest BCUT2D eigenvalue weighted by molar-refractivity contribution is 0.0685. The zero-order valence-corrected chi connectivity index (χ0v) is 11.0. The van der Waals surface area contributed by atoms with E-state index in [1.54, 1.807) is 0 Å². The second-order valence-corrected chi connectivity index (χ2v) is 4.85. The lowest BCUT2D eigenvalue weighted by Gasteiger charge is -2.24. The number of nitrogens with zero attached hydrogens (tertiary/aromatic N) is 2. The van der Waals surface area contributed by atoms with E-state index in [4.69, 9.17) is 5.11 Å². The van der Waals surface area contributed by atoms with Crippen molar-refractivity contribution in [2.24, 2.45) is 0 Å². The smallest absolute Gasteiger partial charge is 0.360 e. The van der Waals surface area contributed by atoms with E-state index in [-0.39, 0.29) is 11.7 Å². The molecule has 1 amide bonds. The molecule has 1 aliphatic heterocycles. The molecule has 1 aromatic heterocycles. The van der Waals surface area contributed by atoms with Crippen molar-refractivity contribution in [2.45, 2.75) is 12.5 Å². The van der Waals surface area contributed by atoms with E-state index in [1.807, 2.05) is 30.3 Å². The van der Waals surface area contributed by atoms with Gasteiger partial charge in [0, 0.05) is 6.54 Å². The minimum Gasteiger partial charge on any atom is -0.503 e. The summed E-state index contributed by atoms with van der Waals surface area (Å²) in [5, 5.41) is 25.4. The monoisotopic (exact) mass is 287 g/mol. The number of carbonyl (C=O) groups excluding carboxylic acids is 1. The topological polar surface area (TPSA) is 104 Å². The lowest BCUT2D eigenvalue weighted by atomic mass is 10.0. The molecule has 3 rings (SSSR count). The molecule has 0 aliphatic carbocycles. The number of carbonyl (C=O) groups is 2. The summed E-state index contributed by atoms with van der Waals surface area (Å²) in [4.78, 5) is 22.9. The summed E-state index contributed by atoms with van der Waals surface area (Å²) >= 11 is 0. The van der Waals surface area contributed by atoms with Crippen molar-refractivity contribution in [3.05, 3.63) is 47.3 Å². The fraction of sp³-hybridized carbons (Fsp3) is 0.214. The van der Waals surface area contributed by atoms with Gasteiger partial charge in [0.05, 0.1) is 6.04 Å². The van der Waals surface area contributed by atoms with Crippen molar-refractivity contribution in [1.82, 2.24) is 15.1 Å². The Kier molecular flexibility index (Phi) is 3.09. The quantitative estimate of drug-likeness (QED) is 0.775. The van der Waals surface area contributed by atoms with Crippen molar-refractivity contribution in [3.8, 4) is 5.75 Å². The van der Waals surface area contributed by atoms with Gasteiger partial charge in [-0.2, -0.15) is 5.10 Å². The van der Waals surface area contributed by atoms with Crippen molar-refractivity contribution in [3.63, 3.8) is 0 Å². The fourth-order valence-corrected chi connectivity index (χ4v) is 2.47. The van der Waals surface area contributed by atoms with Gasteiger partial charge in [-0.15, -0.1) is 0 Å². The molecule has 0 bridgehead atoms. The zero-order chi connectivity index (χ0) is 15.0. The van der Waals surface area contributed by atoms with Crippen molar-refractivity contribution in [2.75, 3.05) is 6.54 Å². The Hall–Kier alpha value is -2.83. The highest BCUT2D eigenvalue weighted by Crippen LogP contribution is 2.29. The molecule has 0 spiro atoms. The van der Waals surface area contributed by atoms with Crippen LogP contribution in [0.4, 0.5) is 0 Å². The Morgan fingerprint density at radius 1 is 1.38 bits per heavy atom. The molecule has 2 aromatic rings. The van der Waals surface area contributed by atoms with Gasteiger partial charge in [0.15, 0.2) is 11.4 Å². The molecule has 1 aliphatic rings. The van der Waals surface area contributed by atoms with Crippen LogP contribution in [0.2, 0.25) is 0 Å². The number of hydrogen-bond donors (Lipinski definition) is 3.